The van der Waals surface area contributed by atoms with Gasteiger partial charge in [-0.25, -0.2) is 9.67 Å². The molecular formula is C17H15ClN4O2. The van der Waals surface area contributed by atoms with Crippen LogP contribution in [0.5, 0.6) is 5.88 Å². The number of benzene rings is 1. The summed E-state index contributed by atoms with van der Waals surface area (Å²) in [6, 6.07) is 10.8. The van der Waals surface area contributed by atoms with E-state index in [-0.39, 0.29) is 16.8 Å². The van der Waals surface area contributed by atoms with E-state index in [4.69, 9.17) is 16.3 Å². The van der Waals surface area contributed by atoms with E-state index < -0.39 is 0 Å². The van der Waals surface area contributed by atoms with Crippen LogP contribution >= 0.6 is 11.6 Å². The minimum Gasteiger partial charge on any atom is -0.480 e. The van der Waals surface area contributed by atoms with Gasteiger partial charge in [-0.2, -0.15) is 5.10 Å². The molecule has 2 aromatic heterocycles. The molecule has 6 nitrogen and oxygen atoms in total. The molecule has 3 rings (SSSR count). The quantitative estimate of drug-likeness (QED) is 0.788. The Bertz CT molecular complexity index is 892. The lowest BCUT2D eigenvalue weighted by atomic mass is 10.2. The van der Waals surface area contributed by atoms with Crippen molar-refractivity contribution in [2.24, 2.45) is 0 Å². The molecule has 0 unspecified atom stereocenters. The number of aromatic nitrogens is 3. The van der Waals surface area contributed by atoms with Crippen LogP contribution in [0, 0.1) is 6.92 Å². The van der Waals surface area contributed by atoms with Crippen molar-refractivity contribution in [2.45, 2.75) is 6.92 Å². The Labute approximate surface area is 144 Å². The lowest BCUT2D eigenvalue weighted by Gasteiger charge is -2.12. The maximum atomic E-state index is 12.5. The van der Waals surface area contributed by atoms with Gasteiger partial charge in [0.15, 0.2) is 0 Å². The molecule has 1 amide bonds. The highest BCUT2D eigenvalue weighted by Crippen LogP contribution is 2.24. The molecule has 0 saturated heterocycles. The number of hydrogen-bond acceptors (Lipinski definition) is 4. The van der Waals surface area contributed by atoms with Gasteiger partial charge in [-0.05, 0) is 31.2 Å². The van der Waals surface area contributed by atoms with Crippen molar-refractivity contribution in [3.05, 3.63) is 65.1 Å². The second kappa shape index (κ2) is 6.72. The summed E-state index contributed by atoms with van der Waals surface area (Å²) in [5.41, 5.74) is 2.72. The number of ether oxygens (including phenoxy) is 1. The number of nitrogens with one attached hydrogen (secondary N) is 1. The van der Waals surface area contributed by atoms with Crippen LogP contribution in [0.3, 0.4) is 0 Å². The molecule has 0 spiro atoms. The molecule has 7 heteroatoms. The summed E-state index contributed by atoms with van der Waals surface area (Å²) in [6.45, 7) is 1.94. The van der Waals surface area contributed by atoms with E-state index in [9.17, 15) is 4.79 Å². The van der Waals surface area contributed by atoms with Crippen LogP contribution < -0.4 is 10.1 Å². The monoisotopic (exact) mass is 342 g/mol. The zero-order chi connectivity index (χ0) is 17.1. The van der Waals surface area contributed by atoms with Gasteiger partial charge >= 0.3 is 0 Å². The molecular weight excluding hydrogens is 328 g/mol. The summed E-state index contributed by atoms with van der Waals surface area (Å²) in [7, 11) is 1.47. The summed E-state index contributed by atoms with van der Waals surface area (Å²) in [4.78, 5) is 16.5. The first-order valence-corrected chi connectivity index (χ1v) is 7.59. The molecule has 0 aliphatic heterocycles. The van der Waals surface area contributed by atoms with Crippen LogP contribution in [0.1, 0.15) is 16.1 Å². The summed E-state index contributed by atoms with van der Waals surface area (Å²) >= 11 is 6.03. The summed E-state index contributed by atoms with van der Waals surface area (Å²) in [5, 5.41) is 7.43. The highest BCUT2D eigenvalue weighted by molar-refractivity contribution is 6.32. The van der Waals surface area contributed by atoms with Gasteiger partial charge in [0.2, 0.25) is 5.88 Å². The second-order valence-electron chi connectivity index (χ2n) is 5.07. The van der Waals surface area contributed by atoms with Gasteiger partial charge in [0.25, 0.3) is 5.91 Å². The number of para-hydroxylation sites is 2. The Balaban J connectivity index is 1.91. The average molecular weight is 343 g/mol. The van der Waals surface area contributed by atoms with E-state index >= 15 is 0 Å². The number of pyridine rings is 1. The molecule has 2 heterocycles. The van der Waals surface area contributed by atoms with Crippen molar-refractivity contribution in [1.82, 2.24) is 14.8 Å². The number of amides is 1. The Morgan fingerprint density at radius 2 is 2.08 bits per heavy atom. The lowest BCUT2D eigenvalue weighted by Crippen LogP contribution is -2.15. The first kappa shape index (κ1) is 16.0. The molecule has 122 valence electrons. The fourth-order valence-corrected chi connectivity index (χ4v) is 2.52. The number of aryl methyl sites for hydroxylation is 1. The highest BCUT2D eigenvalue weighted by atomic mass is 35.5. The minimum atomic E-state index is -0.315. The van der Waals surface area contributed by atoms with E-state index in [1.54, 1.807) is 10.9 Å². The minimum absolute atomic E-state index is 0.279. The number of hydrogen-bond donors (Lipinski definition) is 1. The number of anilines is 1. The Morgan fingerprint density at radius 1 is 1.29 bits per heavy atom. The van der Waals surface area contributed by atoms with E-state index in [1.165, 1.54) is 19.4 Å². The van der Waals surface area contributed by atoms with Gasteiger partial charge in [0, 0.05) is 18.1 Å². The van der Waals surface area contributed by atoms with E-state index in [1.807, 2.05) is 37.3 Å². The van der Waals surface area contributed by atoms with Crippen molar-refractivity contribution in [3.8, 4) is 11.6 Å². The van der Waals surface area contributed by atoms with Crippen molar-refractivity contribution >= 4 is 23.2 Å². The van der Waals surface area contributed by atoms with Crippen LogP contribution in [-0.2, 0) is 0 Å². The maximum absolute atomic E-state index is 12.5. The zero-order valence-electron chi connectivity index (χ0n) is 13.2. The third kappa shape index (κ3) is 3.09. The number of rotatable bonds is 4. The van der Waals surface area contributed by atoms with Crippen LogP contribution in [0.15, 0.2) is 48.8 Å². The first-order chi connectivity index (χ1) is 11.6. The second-order valence-corrected chi connectivity index (χ2v) is 5.48. The molecule has 0 bridgehead atoms. The van der Waals surface area contributed by atoms with Crippen molar-refractivity contribution in [3.63, 3.8) is 0 Å². The molecule has 3 aromatic rings. The number of methoxy groups -OCH3 is 1. The largest absolute Gasteiger partial charge is 0.480 e. The number of carbonyl (C=O) groups is 1. The molecule has 0 radical (unpaired) electrons. The molecule has 1 aromatic carbocycles. The van der Waals surface area contributed by atoms with Gasteiger partial charge in [-0.15, -0.1) is 0 Å². The standard InChI is InChI=1S/C17H15ClN4O2/c1-11-7-8-20-22(11)15-6-4-3-5-14(15)21-16(23)12-9-13(18)17(24-2)19-10-12/h3-10H,1-2H3,(H,21,23). The normalized spacial score (nSPS) is 10.5. The number of nitrogens with zero attached hydrogens (tertiary/aromatic N) is 3. The van der Waals surface area contributed by atoms with Gasteiger partial charge in [0.05, 0.1) is 24.0 Å². The van der Waals surface area contributed by atoms with Crippen molar-refractivity contribution < 1.29 is 9.53 Å². The summed E-state index contributed by atoms with van der Waals surface area (Å²) in [5.74, 6) is -0.0369. The van der Waals surface area contributed by atoms with Gasteiger partial charge < -0.3 is 10.1 Å². The molecule has 1 N–H and O–H groups in total. The van der Waals surface area contributed by atoms with Crippen LogP contribution in [-0.4, -0.2) is 27.8 Å². The molecule has 0 saturated carbocycles. The third-order valence-corrected chi connectivity index (χ3v) is 3.75. The molecule has 0 fully saturated rings. The van der Waals surface area contributed by atoms with Crippen molar-refractivity contribution in [2.75, 3.05) is 12.4 Å². The SMILES string of the molecule is COc1ncc(C(=O)Nc2ccccc2-n2nccc2C)cc1Cl. The summed E-state index contributed by atoms with van der Waals surface area (Å²) in [6.07, 6.45) is 3.13. The Morgan fingerprint density at radius 3 is 2.75 bits per heavy atom. The van der Waals surface area contributed by atoms with Crippen LogP contribution in [0.25, 0.3) is 5.69 Å². The Kier molecular flexibility index (Phi) is 4.48. The third-order valence-electron chi connectivity index (χ3n) is 3.48. The van der Waals surface area contributed by atoms with E-state index in [0.717, 1.165) is 11.4 Å². The van der Waals surface area contributed by atoms with Gasteiger partial charge in [0.1, 0.15) is 5.02 Å². The number of halogens is 1. The fourth-order valence-electron chi connectivity index (χ4n) is 2.28. The maximum Gasteiger partial charge on any atom is 0.257 e. The smallest absolute Gasteiger partial charge is 0.257 e. The lowest BCUT2D eigenvalue weighted by molar-refractivity contribution is 0.102. The molecule has 0 atom stereocenters. The van der Waals surface area contributed by atoms with Crippen LogP contribution in [0.4, 0.5) is 5.69 Å². The first-order valence-electron chi connectivity index (χ1n) is 7.21. The van der Waals surface area contributed by atoms with Gasteiger partial charge in [-0.1, -0.05) is 23.7 Å². The molecule has 0 aliphatic rings. The molecule has 0 aliphatic carbocycles. The molecule has 24 heavy (non-hydrogen) atoms. The van der Waals surface area contributed by atoms with Crippen molar-refractivity contribution in [1.29, 1.82) is 0 Å². The van der Waals surface area contributed by atoms with E-state index in [2.05, 4.69) is 15.4 Å². The predicted molar refractivity (Wildman–Crippen MR) is 92.1 cm³/mol. The topological polar surface area (TPSA) is 69.0 Å². The number of carbonyl (C=O) groups excluding carboxylic acids is 1. The predicted octanol–water partition coefficient (Wildman–Crippen LogP) is 3.49. The fraction of sp³-hybridized carbons (Fsp3) is 0.118. The van der Waals surface area contributed by atoms with E-state index in [0.29, 0.717) is 11.3 Å². The highest BCUT2D eigenvalue weighted by Gasteiger charge is 2.13. The Hall–Kier alpha value is -2.86. The van der Waals surface area contributed by atoms with Gasteiger partial charge in [-0.3, -0.25) is 4.79 Å². The summed E-state index contributed by atoms with van der Waals surface area (Å²) < 4.78 is 6.75. The van der Waals surface area contributed by atoms with Crippen LogP contribution in [0.2, 0.25) is 5.02 Å². The average Bonchev–Trinajstić information content (AvgIpc) is 3.01. The zero-order valence-corrected chi connectivity index (χ0v) is 13.9.